The lowest BCUT2D eigenvalue weighted by Crippen LogP contribution is -2.40. The zero-order valence-corrected chi connectivity index (χ0v) is 14.9. The van der Waals surface area contributed by atoms with E-state index in [0.29, 0.717) is 11.8 Å². The average molecular weight is 296 g/mol. The maximum Gasteiger partial charge on any atom is 0.00171 e. The van der Waals surface area contributed by atoms with Crippen LogP contribution in [0.4, 0.5) is 0 Å². The maximum absolute atomic E-state index is 3.95. The fourth-order valence-electron chi connectivity index (χ4n) is 4.47. The summed E-state index contributed by atoms with van der Waals surface area (Å²) in [6.45, 7) is 16.8. The molecule has 2 rings (SSSR count). The lowest BCUT2D eigenvalue weighted by atomic mass is 9.53. The van der Waals surface area contributed by atoms with Crippen molar-refractivity contribution in [1.29, 1.82) is 0 Å². The Kier molecular flexibility index (Phi) is 5.74. The van der Waals surface area contributed by atoms with E-state index in [4.69, 9.17) is 0 Å². The van der Waals surface area contributed by atoms with E-state index in [0.717, 1.165) is 17.8 Å². The smallest absolute Gasteiger partial charge is 0.00171 e. The molecule has 0 aliphatic heterocycles. The molecule has 2 aliphatic rings. The van der Waals surface area contributed by atoms with Gasteiger partial charge in [0.05, 0.1) is 0 Å². The van der Waals surface area contributed by atoms with Gasteiger partial charge in [-0.2, -0.15) is 0 Å². The van der Waals surface area contributed by atoms with Crippen LogP contribution in [-0.2, 0) is 0 Å². The van der Waals surface area contributed by atoms with Crippen molar-refractivity contribution in [3.8, 4) is 0 Å². The van der Waals surface area contributed by atoms with Gasteiger partial charge < -0.3 is 0 Å². The van der Waals surface area contributed by atoms with Crippen LogP contribution in [0.5, 0.6) is 0 Å². The highest BCUT2D eigenvalue weighted by Gasteiger charge is 2.45. The third-order valence-corrected chi connectivity index (χ3v) is 6.03. The van der Waals surface area contributed by atoms with E-state index >= 15 is 0 Å². The summed E-state index contributed by atoms with van der Waals surface area (Å²) in [7, 11) is 0. The van der Waals surface area contributed by atoms with Gasteiger partial charge in [0, 0.05) is 5.92 Å². The van der Waals surface area contributed by atoms with E-state index in [9.17, 15) is 0 Å². The van der Waals surface area contributed by atoms with Crippen LogP contribution in [0.25, 0.3) is 0 Å². The van der Waals surface area contributed by atoms with Crippen LogP contribution in [-0.4, -0.2) is 0 Å². The van der Waals surface area contributed by atoms with E-state index in [1.165, 1.54) is 37.7 Å². The van der Waals surface area contributed by atoms with Crippen molar-refractivity contribution in [2.24, 2.45) is 29.6 Å². The van der Waals surface area contributed by atoms with Crippen LogP contribution in [0, 0.1) is 29.6 Å². The van der Waals surface area contributed by atoms with Crippen LogP contribution in [0.3, 0.4) is 0 Å². The Bertz CT molecular complexity index is 534. The number of hydrogen-bond donors (Lipinski definition) is 0. The predicted octanol–water partition coefficient (Wildman–Crippen LogP) is 6.47. The summed E-state index contributed by atoms with van der Waals surface area (Å²) < 4.78 is 0. The summed E-state index contributed by atoms with van der Waals surface area (Å²) in [6.07, 6.45) is 8.82. The van der Waals surface area contributed by atoms with Crippen LogP contribution in [0.2, 0.25) is 0 Å². The molecule has 0 saturated carbocycles. The minimum atomic E-state index is 0.598. The highest BCUT2D eigenvalue weighted by Crippen LogP contribution is 2.57. The third kappa shape index (κ3) is 3.40. The van der Waals surface area contributed by atoms with Gasteiger partial charge in [-0.1, -0.05) is 62.3 Å². The van der Waals surface area contributed by atoms with Crippen LogP contribution < -0.4 is 0 Å². The molecule has 0 fully saturated rings. The Morgan fingerprint density at radius 1 is 1.41 bits per heavy atom. The van der Waals surface area contributed by atoms with Crippen LogP contribution >= 0.6 is 0 Å². The maximum atomic E-state index is 3.95. The van der Waals surface area contributed by atoms with Crippen molar-refractivity contribution < 1.29 is 0 Å². The van der Waals surface area contributed by atoms with Gasteiger partial charge in [0.2, 0.25) is 0 Å². The lowest BCUT2D eigenvalue weighted by Gasteiger charge is -2.52. The first kappa shape index (κ1) is 17.1. The summed E-state index contributed by atoms with van der Waals surface area (Å²) in [5.41, 5.74) is 10.7. The van der Waals surface area contributed by atoms with Gasteiger partial charge in [-0.3, -0.25) is 0 Å². The van der Waals surface area contributed by atoms with Crippen molar-refractivity contribution in [1.82, 2.24) is 0 Å². The zero-order valence-electron chi connectivity index (χ0n) is 14.9. The Morgan fingerprint density at radius 3 is 2.73 bits per heavy atom. The predicted molar refractivity (Wildman–Crippen MR) is 96.6 cm³/mol. The fourth-order valence-corrected chi connectivity index (χ4v) is 4.47. The van der Waals surface area contributed by atoms with E-state index in [-0.39, 0.29) is 0 Å². The number of allylic oxidation sites excluding steroid dienone is 4. The van der Waals surface area contributed by atoms with Crippen molar-refractivity contribution in [2.75, 3.05) is 0 Å². The molecule has 5 atom stereocenters. The van der Waals surface area contributed by atoms with Crippen LogP contribution in [0.15, 0.2) is 47.4 Å². The summed E-state index contributed by atoms with van der Waals surface area (Å²) in [6, 6.07) is 0. The summed E-state index contributed by atoms with van der Waals surface area (Å²) in [5.74, 6) is 3.82. The highest BCUT2D eigenvalue weighted by atomic mass is 14.5. The summed E-state index contributed by atoms with van der Waals surface area (Å²) in [5, 5.41) is 0. The third-order valence-electron chi connectivity index (χ3n) is 6.03. The largest absolute Gasteiger partial charge is 0.102 e. The minimum absolute atomic E-state index is 0.598. The monoisotopic (exact) mass is 296 g/mol. The molecular weight excluding hydrogens is 264 g/mol. The second-order valence-corrected chi connectivity index (χ2v) is 7.58. The molecule has 120 valence electrons. The molecular formula is C22H32. The van der Waals surface area contributed by atoms with E-state index < -0.39 is 0 Å². The van der Waals surface area contributed by atoms with Crippen molar-refractivity contribution in [2.45, 2.75) is 59.8 Å². The van der Waals surface area contributed by atoms with E-state index in [1.54, 1.807) is 11.1 Å². The molecule has 0 heteroatoms. The van der Waals surface area contributed by atoms with Gasteiger partial charge >= 0.3 is 0 Å². The molecule has 0 amide bonds. The molecule has 0 nitrogen and oxygen atoms in total. The first-order chi connectivity index (χ1) is 10.5. The average Bonchev–Trinajstić information content (AvgIpc) is 2.45. The Labute approximate surface area is 137 Å². The molecule has 0 N–H and O–H groups in total. The van der Waals surface area contributed by atoms with E-state index in [2.05, 4.69) is 58.4 Å². The topological polar surface area (TPSA) is 0 Å². The molecule has 0 aromatic rings. The molecule has 0 radical (unpaired) electrons. The molecule has 0 aromatic carbocycles. The van der Waals surface area contributed by atoms with Gasteiger partial charge in [0.1, 0.15) is 0 Å². The molecule has 0 aromatic heterocycles. The first-order valence-electron chi connectivity index (χ1n) is 8.96. The minimum Gasteiger partial charge on any atom is -0.102 e. The Morgan fingerprint density at radius 2 is 2.14 bits per heavy atom. The van der Waals surface area contributed by atoms with E-state index in [1.807, 2.05) is 0 Å². The van der Waals surface area contributed by atoms with Gasteiger partial charge in [-0.05, 0) is 62.0 Å². The molecule has 0 heterocycles. The fraction of sp³-hybridized carbons (Fsp3) is 0.636. The normalized spacial score (nSPS) is 28.5. The molecule has 0 bridgehead atoms. The first-order valence-corrected chi connectivity index (χ1v) is 8.96. The van der Waals surface area contributed by atoms with Crippen molar-refractivity contribution in [3.05, 3.63) is 47.4 Å². The quantitative estimate of drug-likeness (QED) is 0.355. The zero-order chi connectivity index (χ0) is 16.3. The van der Waals surface area contributed by atoms with Gasteiger partial charge in [-0.25, -0.2) is 0 Å². The van der Waals surface area contributed by atoms with Crippen molar-refractivity contribution >= 4 is 0 Å². The summed E-state index contributed by atoms with van der Waals surface area (Å²) in [4.78, 5) is 0. The Balaban J connectivity index is 1.71. The number of rotatable bonds is 8. The molecule has 5 unspecified atom stereocenters. The number of hydrogen-bond acceptors (Lipinski definition) is 0. The molecule has 0 spiro atoms. The van der Waals surface area contributed by atoms with Crippen LogP contribution in [0.1, 0.15) is 59.8 Å². The standard InChI is InChI=1S/C22H32/c1-7-10-16(4)17(5)13-15(3)11-9-12-20-18(6)22-19(8-2)14-21(20)22/h8,15,17-20H,1-2,9,11-14H2,3-6H3. The molecule has 2 aliphatic carbocycles. The van der Waals surface area contributed by atoms with Gasteiger partial charge in [0.25, 0.3) is 0 Å². The van der Waals surface area contributed by atoms with Gasteiger partial charge in [-0.15, -0.1) is 6.58 Å². The molecule has 0 saturated heterocycles. The Hall–Kier alpha value is -1.22. The lowest BCUT2D eigenvalue weighted by molar-refractivity contribution is 0.259. The SMILES string of the molecule is C=C=C=C(C)C(C)CC(C)CCCC1C2=C(C(C=C)C2)C1C. The second-order valence-electron chi connectivity index (χ2n) is 7.58. The van der Waals surface area contributed by atoms with Gasteiger partial charge in [0.15, 0.2) is 0 Å². The summed E-state index contributed by atoms with van der Waals surface area (Å²) >= 11 is 0. The van der Waals surface area contributed by atoms with Crippen molar-refractivity contribution in [3.63, 3.8) is 0 Å². The molecule has 22 heavy (non-hydrogen) atoms. The second kappa shape index (κ2) is 7.36. The highest BCUT2D eigenvalue weighted by molar-refractivity contribution is 5.44.